The van der Waals surface area contributed by atoms with Crippen LogP contribution in [0.25, 0.3) is 32.7 Å². The molecule has 0 aliphatic carbocycles. The topological polar surface area (TPSA) is 272 Å². The van der Waals surface area contributed by atoms with Gasteiger partial charge in [0.05, 0.1) is 29.3 Å². The molecule has 328 valence electrons. The smallest absolute Gasteiger partial charge is 0.295 e. The Balaban J connectivity index is 1.29. The van der Waals surface area contributed by atoms with E-state index in [1.54, 1.807) is 78.9 Å². The molecule has 0 aliphatic rings. The molecule has 6 aromatic carbocycles. The van der Waals surface area contributed by atoms with Crippen molar-refractivity contribution in [2.45, 2.75) is 22.8 Å². The zero-order valence-electron chi connectivity index (χ0n) is 33.4. The molecule has 0 spiro atoms. The lowest BCUT2D eigenvalue weighted by atomic mass is 9.98. The highest BCUT2D eigenvalue weighted by molar-refractivity contribution is 7.86. The highest BCUT2D eigenvalue weighted by atomic mass is 32.2. The van der Waals surface area contributed by atoms with Crippen LogP contribution in [-0.2, 0) is 36.4 Å². The van der Waals surface area contributed by atoms with Gasteiger partial charge in [-0.1, -0.05) is 66.7 Å². The molecule has 2 amide bonds. The number of rotatable bonds is 18. The van der Waals surface area contributed by atoms with Crippen LogP contribution in [0.5, 0.6) is 0 Å². The van der Waals surface area contributed by atoms with Gasteiger partial charge in [-0.25, -0.2) is 0 Å². The molecule has 0 unspecified atom stereocenters. The number of anilines is 2. The second-order valence-electron chi connectivity index (χ2n) is 14.0. The number of fused-ring (bicyclic) bond motifs is 2. The van der Waals surface area contributed by atoms with Gasteiger partial charge >= 0.3 is 0 Å². The fourth-order valence-electron chi connectivity index (χ4n) is 6.70. The number of hydrogen-bond donors (Lipinski definition) is 8. The van der Waals surface area contributed by atoms with Gasteiger partial charge in [-0.05, 0) is 53.1 Å². The summed E-state index contributed by atoms with van der Waals surface area (Å²) >= 11 is 8.41. The molecular formula is C42H43N9O8S4. The number of azo groups is 2. The van der Waals surface area contributed by atoms with E-state index in [1.807, 2.05) is 4.90 Å². The molecule has 63 heavy (non-hydrogen) atoms. The summed E-state index contributed by atoms with van der Waals surface area (Å²) in [6.07, 6.45) is 0.0901. The van der Waals surface area contributed by atoms with Crippen LogP contribution >= 0.6 is 25.3 Å². The number of nitrogens with two attached hydrogens (primary N) is 2. The third-order valence-corrected chi connectivity index (χ3v) is 12.0. The van der Waals surface area contributed by atoms with Gasteiger partial charge < -0.3 is 22.1 Å². The van der Waals surface area contributed by atoms with E-state index in [1.165, 1.54) is 12.1 Å². The van der Waals surface area contributed by atoms with Crippen LogP contribution in [0.3, 0.4) is 0 Å². The first-order valence-corrected chi connectivity index (χ1v) is 23.3. The molecule has 0 fully saturated rings. The predicted molar refractivity (Wildman–Crippen MR) is 250 cm³/mol. The van der Waals surface area contributed by atoms with Crippen LogP contribution in [-0.4, -0.2) is 80.3 Å². The Kier molecular flexibility index (Phi) is 15.1. The van der Waals surface area contributed by atoms with Crippen molar-refractivity contribution in [2.24, 2.45) is 20.5 Å². The van der Waals surface area contributed by atoms with Crippen molar-refractivity contribution in [3.8, 4) is 11.1 Å². The summed E-state index contributed by atoms with van der Waals surface area (Å²) < 4.78 is 68.8. The van der Waals surface area contributed by atoms with E-state index in [0.29, 0.717) is 70.0 Å². The van der Waals surface area contributed by atoms with Gasteiger partial charge in [-0.3, -0.25) is 23.6 Å². The third kappa shape index (κ3) is 11.8. The van der Waals surface area contributed by atoms with Gasteiger partial charge in [0, 0.05) is 65.7 Å². The van der Waals surface area contributed by atoms with Crippen LogP contribution < -0.4 is 22.1 Å². The Morgan fingerprint density at radius 2 is 1.14 bits per heavy atom. The average Bonchev–Trinajstić information content (AvgIpc) is 3.26. The molecule has 0 bridgehead atoms. The summed E-state index contributed by atoms with van der Waals surface area (Å²) in [7, 11) is -9.26. The predicted octanol–water partition coefficient (Wildman–Crippen LogP) is 7.43. The molecule has 0 aliphatic heterocycles. The number of nitrogens with one attached hydrogen (secondary N) is 2. The fourth-order valence-corrected chi connectivity index (χ4v) is 8.53. The van der Waals surface area contributed by atoms with E-state index >= 15 is 0 Å². The highest BCUT2D eigenvalue weighted by Crippen LogP contribution is 2.39. The minimum absolute atomic E-state index is 0.00901. The zero-order valence-corrected chi connectivity index (χ0v) is 36.8. The molecular weight excluding hydrogens is 887 g/mol. The summed E-state index contributed by atoms with van der Waals surface area (Å²) in [5.74, 6) is 0.520. The number of carbonyl (C=O) groups is 2. The van der Waals surface area contributed by atoms with Gasteiger partial charge in [-0.15, -0.1) is 10.2 Å². The minimum atomic E-state index is -4.65. The standard InChI is InChI=1S/C42H43N9O8S4/c43-41-33-7-3-1-5-31(33)37(62(54,55)56)22-35(41)49-47-28-11-9-26(10-12-28)30-14-13-29(48-50-36-23-38(63(57,58)59)32-6-2-4-8-34(32)42(36)44)21-27(30)24-46-39(52)15-17-51(18-20-61)25-40(53)45-16-19-60/h1-14,21-23,60-61H,15-20,24-25,43-44H2,(H,45,53)(H,46,52)(H,54,55,56)(H,57,58,59). The maximum atomic E-state index is 13.2. The lowest BCUT2D eigenvalue weighted by Gasteiger charge is -2.20. The first-order chi connectivity index (χ1) is 30.1. The molecule has 6 aromatic rings. The molecule has 0 radical (unpaired) electrons. The SMILES string of the molecule is Nc1c(N=Nc2ccc(-c3ccc(N=Nc4cc(S(=O)(=O)O)c5ccccc5c4N)cc3CNC(=O)CCN(CCS)CC(=O)NCCS)cc2)cc(S(=O)(=O)O)c2ccccc12. The Morgan fingerprint density at radius 1 is 0.619 bits per heavy atom. The number of carbonyl (C=O) groups excluding carboxylic acids is 2. The van der Waals surface area contributed by atoms with Crippen LogP contribution in [0, 0.1) is 0 Å². The van der Waals surface area contributed by atoms with Gasteiger partial charge in [0.15, 0.2) is 0 Å². The summed E-state index contributed by atoms with van der Waals surface area (Å²) in [6, 6.07) is 27.2. The second kappa shape index (κ2) is 20.5. The Bertz CT molecular complexity index is 2970. The van der Waals surface area contributed by atoms with Crippen molar-refractivity contribution in [1.82, 2.24) is 15.5 Å². The summed E-state index contributed by atoms with van der Waals surface area (Å²) in [5, 5.41) is 24.0. The van der Waals surface area contributed by atoms with E-state index in [4.69, 9.17) is 11.5 Å². The molecule has 21 heteroatoms. The van der Waals surface area contributed by atoms with E-state index in [-0.39, 0.29) is 74.6 Å². The minimum Gasteiger partial charge on any atom is -0.396 e. The summed E-state index contributed by atoms with van der Waals surface area (Å²) in [6.45, 7) is 1.37. The van der Waals surface area contributed by atoms with E-state index in [2.05, 4.69) is 56.3 Å². The van der Waals surface area contributed by atoms with Gasteiger partial charge in [0.2, 0.25) is 11.8 Å². The monoisotopic (exact) mass is 929 g/mol. The van der Waals surface area contributed by atoms with Crippen LogP contribution in [0.1, 0.15) is 12.0 Å². The van der Waals surface area contributed by atoms with Gasteiger partial charge in [0.1, 0.15) is 21.2 Å². The highest BCUT2D eigenvalue weighted by Gasteiger charge is 2.20. The van der Waals surface area contributed by atoms with Crippen molar-refractivity contribution >= 4 is 113 Å². The van der Waals surface area contributed by atoms with Crippen molar-refractivity contribution in [3.63, 3.8) is 0 Å². The van der Waals surface area contributed by atoms with Crippen molar-refractivity contribution in [2.75, 3.05) is 49.2 Å². The van der Waals surface area contributed by atoms with E-state index in [0.717, 1.165) is 12.1 Å². The Morgan fingerprint density at radius 3 is 1.67 bits per heavy atom. The molecule has 17 nitrogen and oxygen atoms in total. The number of benzene rings is 6. The van der Waals surface area contributed by atoms with E-state index in [9.17, 15) is 35.5 Å². The van der Waals surface area contributed by atoms with Crippen molar-refractivity contribution in [3.05, 3.63) is 109 Å². The Labute approximate surface area is 374 Å². The number of hydrogen-bond acceptors (Lipinski definition) is 15. The second-order valence-corrected chi connectivity index (χ2v) is 17.7. The quantitative estimate of drug-likeness (QED) is 0.0182. The number of thiol groups is 2. The molecule has 0 heterocycles. The molecule has 0 saturated carbocycles. The molecule has 0 saturated heterocycles. The molecule has 8 N–H and O–H groups in total. The maximum Gasteiger partial charge on any atom is 0.295 e. The number of nitrogen functional groups attached to an aromatic ring is 2. The van der Waals surface area contributed by atoms with Gasteiger partial charge in [0.25, 0.3) is 20.2 Å². The average molecular weight is 930 g/mol. The molecule has 0 aromatic heterocycles. The molecule has 6 rings (SSSR count). The van der Waals surface area contributed by atoms with Crippen LogP contribution in [0.2, 0.25) is 0 Å². The van der Waals surface area contributed by atoms with Crippen molar-refractivity contribution < 1.29 is 35.5 Å². The van der Waals surface area contributed by atoms with E-state index < -0.39 is 20.2 Å². The summed E-state index contributed by atoms with van der Waals surface area (Å²) in [4.78, 5) is 26.7. The van der Waals surface area contributed by atoms with Crippen molar-refractivity contribution in [1.29, 1.82) is 0 Å². The first kappa shape index (κ1) is 46.6. The fraction of sp³-hybridized carbons (Fsp3) is 0.190. The Hall–Kier alpha value is -5.94. The normalized spacial score (nSPS) is 12.2. The first-order valence-electron chi connectivity index (χ1n) is 19.2. The maximum absolute atomic E-state index is 13.2. The lowest BCUT2D eigenvalue weighted by molar-refractivity contribution is -0.124. The number of nitrogens with zero attached hydrogens (tertiary/aromatic N) is 5. The van der Waals surface area contributed by atoms with Gasteiger partial charge in [-0.2, -0.15) is 52.3 Å². The third-order valence-electron chi connectivity index (χ3n) is 9.77. The van der Waals surface area contributed by atoms with Crippen LogP contribution in [0.4, 0.5) is 34.1 Å². The molecule has 0 atom stereocenters. The number of amides is 2. The summed E-state index contributed by atoms with van der Waals surface area (Å²) in [5.41, 5.74) is 15.8. The zero-order chi connectivity index (χ0) is 45.3. The largest absolute Gasteiger partial charge is 0.396 e. The van der Waals surface area contributed by atoms with Crippen LogP contribution in [0.15, 0.2) is 133 Å². The lowest BCUT2D eigenvalue weighted by Crippen LogP contribution is -2.40.